The predicted octanol–water partition coefficient (Wildman–Crippen LogP) is 3.06. The van der Waals surface area contributed by atoms with Crippen LogP contribution in [0.4, 0.5) is 4.39 Å². The third-order valence-electron chi connectivity index (χ3n) is 3.46. The first kappa shape index (κ1) is 17.9. The minimum Gasteiger partial charge on any atom is -0.301 e. The number of nitrogens with one attached hydrogen (secondary N) is 1. The zero-order valence-corrected chi connectivity index (χ0v) is 14.4. The molecule has 2 rings (SSSR count). The number of hydrogen-bond acceptors (Lipinski definition) is 3. The van der Waals surface area contributed by atoms with Gasteiger partial charge < -0.3 is 4.90 Å². The molecule has 0 saturated heterocycles. The van der Waals surface area contributed by atoms with Gasteiger partial charge in [0.05, 0.1) is 4.90 Å². The van der Waals surface area contributed by atoms with Crippen LogP contribution in [0.25, 0.3) is 0 Å². The second-order valence-corrected chi connectivity index (χ2v) is 7.48. The van der Waals surface area contributed by atoms with E-state index >= 15 is 0 Å². The van der Waals surface area contributed by atoms with Gasteiger partial charge in [-0.05, 0) is 43.9 Å². The van der Waals surface area contributed by atoms with Crippen LogP contribution in [-0.4, -0.2) is 34.0 Å². The molecule has 23 heavy (non-hydrogen) atoms. The van der Waals surface area contributed by atoms with Crippen LogP contribution in [0.15, 0.2) is 53.4 Å². The number of halogens is 2. The normalized spacial score (nSPS) is 13.3. The third kappa shape index (κ3) is 4.51. The fourth-order valence-corrected chi connectivity index (χ4v) is 3.55. The molecule has 0 bridgehead atoms. The van der Waals surface area contributed by atoms with Gasteiger partial charge in [-0.25, -0.2) is 17.5 Å². The van der Waals surface area contributed by atoms with Crippen LogP contribution in [0.5, 0.6) is 0 Å². The lowest BCUT2D eigenvalue weighted by atomic mass is 10.1. The summed E-state index contributed by atoms with van der Waals surface area (Å²) < 4.78 is 40.3. The summed E-state index contributed by atoms with van der Waals surface area (Å²) in [5.74, 6) is -0.594. The highest BCUT2D eigenvalue weighted by molar-refractivity contribution is 7.89. The number of nitrogens with zero attached hydrogens (tertiary/aromatic N) is 1. The second-order valence-electron chi connectivity index (χ2n) is 5.31. The van der Waals surface area contributed by atoms with E-state index in [1.807, 2.05) is 37.2 Å². The lowest BCUT2D eigenvalue weighted by molar-refractivity contribution is 0.299. The van der Waals surface area contributed by atoms with Gasteiger partial charge in [-0.1, -0.05) is 35.9 Å². The molecule has 0 amide bonds. The van der Waals surface area contributed by atoms with Crippen molar-refractivity contribution in [3.63, 3.8) is 0 Å². The van der Waals surface area contributed by atoms with Crippen LogP contribution < -0.4 is 4.72 Å². The molecule has 1 N–H and O–H groups in total. The Labute approximate surface area is 140 Å². The maximum absolute atomic E-state index is 13.2. The maximum Gasteiger partial charge on any atom is 0.240 e. The van der Waals surface area contributed by atoms with Crippen molar-refractivity contribution < 1.29 is 12.8 Å². The molecule has 0 fully saturated rings. The Morgan fingerprint density at radius 3 is 2.48 bits per heavy atom. The van der Waals surface area contributed by atoms with Crippen molar-refractivity contribution in [2.75, 3.05) is 20.6 Å². The van der Waals surface area contributed by atoms with Gasteiger partial charge in [0, 0.05) is 17.6 Å². The average Bonchev–Trinajstić information content (AvgIpc) is 2.49. The molecular weight excluding hydrogens is 339 g/mol. The molecule has 124 valence electrons. The molecule has 0 aromatic heterocycles. The van der Waals surface area contributed by atoms with Crippen molar-refractivity contribution >= 4 is 21.6 Å². The number of sulfonamides is 1. The average molecular weight is 357 g/mol. The summed E-state index contributed by atoms with van der Waals surface area (Å²) in [6.07, 6.45) is 0. The summed E-state index contributed by atoms with van der Waals surface area (Å²) >= 11 is 6.20. The summed E-state index contributed by atoms with van der Waals surface area (Å²) in [4.78, 5) is 1.77. The number of hydrogen-bond donors (Lipinski definition) is 1. The van der Waals surface area contributed by atoms with Gasteiger partial charge >= 0.3 is 0 Å². The van der Waals surface area contributed by atoms with Gasteiger partial charge in [-0.3, -0.25) is 0 Å². The standard InChI is InChI=1S/C16H18ClFN2O2S/c1-20(2)16(14-8-3-4-9-15(14)17)11-19-23(21,22)13-7-5-6-12(18)10-13/h3-10,16,19H,11H2,1-2H3/t16-/m1/s1. The highest BCUT2D eigenvalue weighted by Gasteiger charge is 2.21. The maximum atomic E-state index is 13.2. The van der Waals surface area contributed by atoms with Crippen LogP contribution in [0.3, 0.4) is 0 Å². The molecule has 0 saturated carbocycles. The van der Waals surface area contributed by atoms with E-state index < -0.39 is 15.8 Å². The van der Waals surface area contributed by atoms with Gasteiger partial charge in [0.25, 0.3) is 0 Å². The predicted molar refractivity (Wildman–Crippen MR) is 89.5 cm³/mol. The molecule has 0 spiro atoms. The van der Waals surface area contributed by atoms with Crippen LogP contribution in [0.2, 0.25) is 5.02 Å². The molecule has 2 aromatic carbocycles. The molecule has 0 heterocycles. The van der Waals surface area contributed by atoms with E-state index in [0.717, 1.165) is 11.6 Å². The van der Waals surface area contributed by atoms with E-state index in [2.05, 4.69) is 4.72 Å². The van der Waals surface area contributed by atoms with Crippen LogP contribution >= 0.6 is 11.6 Å². The minimum atomic E-state index is -3.79. The van der Waals surface area contributed by atoms with Crippen molar-refractivity contribution in [1.29, 1.82) is 0 Å². The highest BCUT2D eigenvalue weighted by Crippen LogP contribution is 2.25. The SMILES string of the molecule is CN(C)[C@H](CNS(=O)(=O)c1cccc(F)c1)c1ccccc1Cl. The van der Waals surface area contributed by atoms with E-state index in [1.165, 1.54) is 18.2 Å². The molecule has 0 unspecified atom stereocenters. The lowest BCUT2D eigenvalue weighted by Crippen LogP contribution is -2.34. The molecular formula is C16H18ClFN2O2S. The fraction of sp³-hybridized carbons (Fsp3) is 0.250. The van der Waals surface area contributed by atoms with Crippen molar-refractivity contribution in [3.05, 3.63) is 64.9 Å². The number of rotatable bonds is 6. The summed E-state index contributed by atoms with van der Waals surface area (Å²) in [6, 6.07) is 11.9. The Kier molecular flexibility index (Phi) is 5.75. The van der Waals surface area contributed by atoms with Crippen LogP contribution in [0, 0.1) is 5.82 Å². The fourth-order valence-electron chi connectivity index (χ4n) is 2.22. The molecule has 0 aliphatic carbocycles. The van der Waals surface area contributed by atoms with Gasteiger partial charge in [-0.2, -0.15) is 0 Å². The molecule has 0 radical (unpaired) electrons. The first-order chi connectivity index (χ1) is 10.8. The largest absolute Gasteiger partial charge is 0.301 e. The monoisotopic (exact) mass is 356 g/mol. The highest BCUT2D eigenvalue weighted by atomic mass is 35.5. The molecule has 7 heteroatoms. The Balaban J connectivity index is 2.21. The zero-order chi connectivity index (χ0) is 17.0. The van der Waals surface area contributed by atoms with Crippen molar-refractivity contribution in [1.82, 2.24) is 9.62 Å². The summed E-state index contributed by atoms with van der Waals surface area (Å²) in [7, 11) is -0.116. The minimum absolute atomic E-state index is 0.103. The quantitative estimate of drug-likeness (QED) is 0.865. The molecule has 4 nitrogen and oxygen atoms in total. The second kappa shape index (κ2) is 7.40. The molecule has 2 aromatic rings. The smallest absolute Gasteiger partial charge is 0.240 e. The van der Waals surface area contributed by atoms with E-state index in [9.17, 15) is 12.8 Å². The van der Waals surface area contributed by atoms with Gasteiger partial charge in [0.1, 0.15) is 5.82 Å². The molecule has 0 aliphatic rings. The Bertz CT molecular complexity index is 781. The van der Waals surface area contributed by atoms with E-state index in [-0.39, 0.29) is 17.5 Å². The first-order valence-electron chi connectivity index (χ1n) is 6.97. The Morgan fingerprint density at radius 1 is 1.17 bits per heavy atom. The van der Waals surface area contributed by atoms with Crippen molar-refractivity contribution in [3.8, 4) is 0 Å². The topological polar surface area (TPSA) is 49.4 Å². The molecule has 1 atom stereocenters. The van der Waals surface area contributed by atoms with E-state index in [1.54, 1.807) is 6.07 Å². The summed E-state index contributed by atoms with van der Waals surface area (Å²) in [5, 5.41) is 0.566. The number of likely N-dealkylation sites (N-methyl/N-ethyl adjacent to an activating group) is 1. The first-order valence-corrected chi connectivity index (χ1v) is 8.83. The summed E-state index contributed by atoms with van der Waals surface area (Å²) in [5.41, 5.74) is 0.820. The third-order valence-corrected chi connectivity index (χ3v) is 5.23. The number of benzene rings is 2. The zero-order valence-electron chi connectivity index (χ0n) is 12.8. The van der Waals surface area contributed by atoms with E-state index in [4.69, 9.17) is 11.6 Å². The van der Waals surface area contributed by atoms with Crippen molar-refractivity contribution in [2.24, 2.45) is 0 Å². The van der Waals surface area contributed by atoms with Gasteiger partial charge in [0.15, 0.2) is 0 Å². The van der Waals surface area contributed by atoms with E-state index in [0.29, 0.717) is 5.02 Å². The van der Waals surface area contributed by atoms with Gasteiger partial charge in [0.2, 0.25) is 10.0 Å². The Hall–Kier alpha value is -1.47. The van der Waals surface area contributed by atoms with Crippen LogP contribution in [-0.2, 0) is 10.0 Å². The van der Waals surface area contributed by atoms with Gasteiger partial charge in [-0.15, -0.1) is 0 Å². The van der Waals surface area contributed by atoms with Crippen molar-refractivity contribution in [2.45, 2.75) is 10.9 Å². The van der Waals surface area contributed by atoms with Crippen LogP contribution in [0.1, 0.15) is 11.6 Å². The summed E-state index contributed by atoms with van der Waals surface area (Å²) in [6.45, 7) is 0.121. The molecule has 0 aliphatic heterocycles. The Morgan fingerprint density at radius 2 is 1.87 bits per heavy atom. The lowest BCUT2D eigenvalue weighted by Gasteiger charge is -2.26.